The Morgan fingerprint density at radius 1 is 1.17 bits per heavy atom. The number of anilines is 1. The number of ether oxygens (including phenoxy) is 4. The molecule has 2 aromatic rings. The zero-order chi connectivity index (χ0) is 25.5. The van der Waals surface area contributed by atoms with Crippen LogP contribution in [0.25, 0.3) is 0 Å². The number of nitrogens with one attached hydrogen (secondary N) is 1. The lowest BCUT2D eigenvalue weighted by atomic mass is 10.0. The minimum Gasteiger partial charge on any atom is -0.495 e. The summed E-state index contributed by atoms with van der Waals surface area (Å²) in [4.78, 5) is 15.8. The fraction of sp³-hybridized carbons (Fsp3) is 0.458. The maximum Gasteiger partial charge on any atom is 0.227 e. The molecule has 36 heavy (non-hydrogen) atoms. The molecule has 1 aromatic carbocycles. The van der Waals surface area contributed by atoms with E-state index in [1.807, 2.05) is 0 Å². The standard InChI is InChI=1S/C24H30Cl2N6O4/c1-33-20-7-21(34-2)23(26)19(22(20)25)14-36-18-10-29-24(30-11-18)31-16(8-27)9-28-15-3-5-32(6-4-15)17-12-35-13-17/h7-11,15,17H,3-6,12-14,27H2,1-2H3,(H,29,30,31)/b16-8+,28-9?. The molecular weight excluding hydrogens is 507 g/mol. The van der Waals surface area contributed by atoms with Crippen LogP contribution in [-0.4, -0.2) is 73.7 Å². The van der Waals surface area contributed by atoms with Gasteiger partial charge in [0.25, 0.3) is 0 Å². The highest BCUT2D eigenvalue weighted by molar-refractivity contribution is 6.37. The molecule has 2 saturated heterocycles. The van der Waals surface area contributed by atoms with Gasteiger partial charge in [-0.05, 0) is 12.8 Å². The van der Waals surface area contributed by atoms with Crippen molar-refractivity contribution in [2.75, 3.05) is 45.8 Å². The molecule has 2 fully saturated rings. The molecule has 0 spiro atoms. The molecule has 3 N–H and O–H groups in total. The number of likely N-dealkylation sites (tertiary alicyclic amines) is 1. The number of benzene rings is 1. The van der Waals surface area contributed by atoms with Crippen LogP contribution in [0.4, 0.5) is 5.95 Å². The number of aliphatic imine (C=N–C) groups is 1. The Morgan fingerprint density at radius 2 is 1.81 bits per heavy atom. The number of halogens is 2. The summed E-state index contributed by atoms with van der Waals surface area (Å²) in [5, 5.41) is 3.77. The summed E-state index contributed by atoms with van der Waals surface area (Å²) in [6.45, 7) is 3.84. The van der Waals surface area contributed by atoms with Crippen LogP contribution in [0, 0.1) is 0 Å². The molecule has 12 heteroatoms. The molecule has 0 radical (unpaired) electrons. The number of nitrogens with zero attached hydrogens (tertiary/aromatic N) is 4. The lowest BCUT2D eigenvalue weighted by Crippen LogP contribution is -2.52. The quantitative estimate of drug-likeness (QED) is 0.439. The SMILES string of the molecule is COc1cc(OC)c(Cl)c(COc2cnc(N/C(C=NC3CCN(C4COC4)CC3)=C/N)nc2)c1Cl. The van der Waals surface area contributed by atoms with Crippen LogP contribution >= 0.6 is 23.2 Å². The van der Waals surface area contributed by atoms with E-state index in [1.165, 1.54) is 20.4 Å². The van der Waals surface area contributed by atoms with E-state index in [1.54, 1.807) is 24.7 Å². The van der Waals surface area contributed by atoms with Crippen molar-refractivity contribution in [1.82, 2.24) is 14.9 Å². The number of hydrogen-bond donors (Lipinski definition) is 2. The van der Waals surface area contributed by atoms with E-state index in [2.05, 4.69) is 20.2 Å². The third-order valence-corrected chi connectivity index (χ3v) is 7.00. The molecule has 0 saturated carbocycles. The van der Waals surface area contributed by atoms with E-state index >= 15 is 0 Å². The molecule has 2 aliphatic rings. The second kappa shape index (κ2) is 12.4. The van der Waals surface area contributed by atoms with Gasteiger partial charge in [0.05, 0.1) is 67.7 Å². The smallest absolute Gasteiger partial charge is 0.227 e. The van der Waals surface area contributed by atoms with E-state index in [0.29, 0.717) is 50.5 Å². The predicted octanol–water partition coefficient (Wildman–Crippen LogP) is 3.53. The number of aromatic nitrogens is 2. The van der Waals surface area contributed by atoms with Gasteiger partial charge in [-0.1, -0.05) is 23.2 Å². The van der Waals surface area contributed by atoms with Crippen molar-refractivity contribution in [1.29, 1.82) is 0 Å². The van der Waals surface area contributed by atoms with E-state index in [-0.39, 0.29) is 12.6 Å². The zero-order valence-corrected chi connectivity index (χ0v) is 21.8. The predicted molar refractivity (Wildman–Crippen MR) is 140 cm³/mol. The minimum atomic E-state index is 0.0779. The monoisotopic (exact) mass is 536 g/mol. The molecule has 1 aromatic heterocycles. The summed E-state index contributed by atoms with van der Waals surface area (Å²) in [5.74, 6) is 1.68. The Bertz CT molecular complexity index is 1060. The summed E-state index contributed by atoms with van der Waals surface area (Å²) in [5.41, 5.74) is 6.92. The van der Waals surface area contributed by atoms with Crippen LogP contribution in [0.5, 0.6) is 17.2 Å². The van der Waals surface area contributed by atoms with Gasteiger partial charge < -0.3 is 30.0 Å². The Labute approximate surface area is 220 Å². The zero-order valence-electron chi connectivity index (χ0n) is 20.2. The molecule has 0 bridgehead atoms. The largest absolute Gasteiger partial charge is 0.495 e. The third-order valence-electron chi connectivity index (χ3n) is 6.17. The lowest BCUT2D eigenvalue weighted by Gasteiger charge is -2.40. The molecule has 3 heterocycles. The molecule has 0 unspecified atom stereocenters. The molecule has 194 valence electrons. The van der Waals surface area contributed by atoms with Gasteiger partial charge in [-0.15, -0.1) is 0 Å². The first kappa shape index (κ1) is 26.3. The van der Waals surface area contributed by atoms with Crippen molar-refractivity contribution in [3.05, 3.63) is 46.0 Å². The normalized spacial score (nSPS) is 17.7. The molecule has 4 rings (SSSR count). The summed E-state index contributed by atoms with van der Waals surface area (Å²) in [6, 6.07) is 2.47. The maximum atomic E-state index is 6.40. The van der Waals surface area contributed by atoms with E-state index < -0.39 is 0 Å². The molecule has 2 aliphatic heterocycles. The van der Waals surface area contributed by atoms with Gasteiger partial charge in [-0.3, -0.25) is 9.89 Å². The second-order valence-electron chi connectivity index (χ2n) is 8.40. The number of hydrogen-bond acceptors (Lipinski definition) is 10. The van der Waals surface area contributed by atoms with Gasteiger partial charge in [0.2, 0.25) is 5.95 Å². The fourth-order valence-corrected chi connectivity index (χ4v) is 4.55. The lowest BCUT2D eigenvalue weighted by molar-refractivity contribution is -0.0709. The molecule has 0 amide bonds. The van der Waals surface area contributed by atoms with Crippen LogP contribution in [-0.2, 0) is 11.3 Å². The van der Waals surface area contributed by atoms with Crippen molar-refractivity contribution in [3.8, 4) is 17.2 Å². The average Bonchev–Trinajstić information content (AvgIpc) is 2.87. The first-order valence-corrected chi connectivity index (χ1v) is 12.4. The molecular formula is C24H30Cl2N6O4. The third kappa shape index (κ3) is 6.31. The van der Waals surface area contributed by atoms with Crippen LogP contribution in [0.2, 0.25) is 10.0 Å². The average molecular weight is 537 g/mol. The van der Waals surface area contributed by atoms with E-state index in [9.17, 15) is 0 Å². The Balaban J connectivity index is 1.30. The van der Waals surface area contributed by atoms with Crippen molar-refractivity contribution in [2.45, 2.75) is 31.5 Å². The number of allylic oxidation sites excluding steroid dienone is 1. The van der Waals surface area contributed by atoms with Crippen molar-refractivity contribution in [3.63, 3.8) is 0 Å². The van der Waals surface area contributed by atoms with Gasteiger partial charge in [0, 0.05) is 37.1 Å². The first-order chi connectivity index (χ1) is 17.5. The maximum absolute atomic E-state index is 6.40. The van der Waals surface area contributed by atoms with Gasteiger partial charge in [0.15, 0.2) is 5.75 Å². The Hall–Kier alpha value is -2.79. The molecule has 0 aliphatic carbocycles. The van der Waals surface area contributed by atoms with Crippen molar-refractivity contribution >= 4 is 35.4 Å². The number of methoxy groups -OCH3 is 2. The minimum absolute atomic E-state index is 0.0779. The van der Waals surface area contributed by atoms with Crippen LogP contribution in [0.1, 0.15) is 18.4 Å². The topological polar surface area (TPSA) is 116 Å². The summed E-state index contributed by atoms with van der Waals surface area (Å²) >= 11 is 12.8. The van der Waals surface area contributed by atoms with Gasteiger partial charge in [-0.2, -0.15) is 0 Å². The molecule has 10 nitrogen and oxygen atoms in total. The highest BCUT2D eigenvalue weighted by atomic mass is 35.5. The van der Waals surface area contributed by atoms with Crippen molar-refractivity contribution < 1.29 is 18.9 Å². The van der Waals surface area contributed by atoms with Crippen LogP contribution in [0.3, 0.4) is 0 Å². The van der Waals surface area contributed by atoms with Crippen LogP contribution < -0.4 is 25.3 Å². The molecule has 0 atom stereocenters. The number of piperidine rings is 1. The van der Waals surface area contributed by atoms with E-state index in [4.69, 9.17) is 52.9 Å². The highest BCUT2D eigenvalue weighted by Crippen LogP contribution is 2.40. The van der Waals surface area contributed by atoms with Crippen molar-refractivity contribution in [2.24, 2.45) is 10.7 Å². The van der Waals surface area contributed by atoms with Crippen LogP contribution in [0.15, 0.2) is 35.3 Å². The summed E-state index contributed by atoms with van der Waals surface area (Å²) < 4.78 is 21.7. The van der Waals surface area contributed by atoms with E-state index in [0.717, 1.165) is 39.1 Å². The van der Waals surface area contributed by atoms with Gasteiger partial charge in [-0.25, -0.2) is 9.97 Å². The Kier molecular flexibility index (Phi) is 9.08. The second-order valence-corrected chi connectivity index (χ2v) is 9.16. The van der Waals surface area contributed by atoms with Gasteiger partial charge in [0.1, 0.15) is 18.1 Å². The fourth-order valence-electron chi connectivity index (χ4n) is 3.94. The Morgan fingerprint density at radius 3 is 2.33 bits per heavy atom. The van der Waals surface area contributed by atoms with Gasteiger partial charge >= 0.3 is 0 Å². The first-order valence-electron chi connectivity index (χ1n) is 11.6. The number of rotatable bonds is 10. The summed E-state index contributed by atoms with van der Waals surface area (Å²) in [6.07, 6.45) is 8.29. The number of nitrogens with two attached hydrogens (primary N) is 1. The summed E-state index contributed by atoms with van der Waals surface area (Å²) in [7, 11) is 3.03. The highest BCUT2D eigenvalue weighted by Gasteiger charge is 2.29.